The summed E-state index contributed by atoms with van der Waals surface area (Å²) in [6.07, 6.45) is 4.94. The van der Waals surface area contributed by atoms with Crippen molar-refractivity contribution in [3.8, 4) is 0 Å². The zero-order valence-electron chi connectivity index (χ0n) is 16.9. The lowest BCUT2D eigenvalue weighted by Gasteiger charge is -2.38. The third kappa shape index (κ3) is 6.36. The second-order valence-corrected chi connectivity index (χ2v) is 8.93. The highest BCUT2D eigenvalue weighted by atomic mass is 16.7. The SMILES string of the molecule is CCCCOC(C)OCCOC(=O)C(C)(CC(C)(C)C)C1(C)CC1. The van der Waals surface area contributed by atoms with E-state index in [-0.39, 0.29) is 29.7 Å². The van der Waals surface area contributed by atoms with Crippen molar-refractivity contribution in [2.24, 2.45) is 16.2 Å². The summed E-state index contributed by atoms with van der Waals surface area (Å²) in [5.41, 5.74) is -0.249. The largest absolute Gasteiger partial charge is 0.463 e. The number of esters is 1. The Kier molecular flexibility index (Phi) is 7.74. The van der Waals surface area contributed by atoms with E-state index in [0.717, 1.165) is 32.1 Å². The standard InChI is InChI=1S/C20H38O4/c1-8-9-12-22-16(2)23-13-14-24-17(21)20(7,15-18(3,4)5)19(6)10-11-19/h16H,8-15H2,1-7H3. The number of rotatable bonds is 11. The number of hydrogen-bond acceptors (Lipinski definition) is 4. The van der Waals surface area contributed by atoms with E-state index in [1.807, 2.05) is 6.92 Å². The minimum atomic E-state index is -0.422. The molecule has 1 fully saturated rings. The van der Waals surface area contributed by atoms with Crippen molar-refractivity contribution in [2.45, 2.75) is 86.9 Å². The van der Waals surface area contributed by atoms with E-state index < -0.39 is 5.41 Å². The average molecular weight is 343 g/mol. The van der Waals surface area contributed by atoms with E-state index in [2.05, 4.69) is 41.5 Å². The predicted octanol–water partition coefficient (Wildman–Crippen LogP) is 4.95. The first kappa shape index (κ1) is 21.4. The Hall–Kier alpha value is -0.610. The summed E-state index contributed by atoms with van der Waals surface area (Å²) in [4.78, 5) is 12.8. The lowest BCUT2D eigenvalue weighted by Crippen LogP contribution is -2.41. The molecule has 0 saturated heterocycles. The third-order valence-electron chi connectivity index (χ3n) is 5.19. The van der Waals surface area contributed by atoms with Crippen LogP contribution in [0.2, 0.25) is 0 Å². The van der Waals surface area contributed by atoms with Crippen molar-refractivity contribution in [2.75, 3.05) is 19.8 Å². The summed E-state index contributed by atoms with van der Waals surface area (Å²) in [6.45, 7) is 16.2. The molecule has 24 heavy (non-hydrogen) atoms. The van der Waals surface area contributed by atoms with E-state index in [0.29, 0.717) is 13.2 Å². The number of carbonyl (C=O) groups is 1. The first-order chi connectivity index (χ1) is 11.0. The number of hydrogen-bond donors (Lipinski definition) is 0. The minimum absolute atomic E-state index is 0.0782. The van der Waals surface area contributed by atoms with Gasteiger partial charge in [0.1, 0.15) is 6.61 Å². The molecule has 0 N–H and O–H groups in total. The average Bonchev–Trinajstić information content (AvgIpc) is 3.21. The fourth-order valence-corrected chi connectivity index (χ4v) is 3.28. The molecule has 0 heterocycles. The van der Waals surface area contributed by atoms with Crippen molar-refractivity contribution in [1.82, 2.24) is 0 Å². The van der Waals surface area contributed by atoms with Gasteiger partial charge in [-0.25, -0.2) is 0 Å². The molecule has 0 aliphatic heterocycles. The van der Waals surface area contributed by atoms with E-state index in [9.17, 15) is 4.79 Å². The monoisotopic (exact) mass is 342 g/mol. The van der Waals surface area contributed by atoms with Gasteiger partial charge in [-0.05, 0) is 50.4 Å². The Labute approximate surface area is 148 Å². The van der Waals surface area contributed by atoms with Gasteiger partial charge in [-0.2, -0.15) is 0 Å². The van der Waals surface area contributed by atoms with E-state index in [1.54, 1.807) is 0 Å². The molecule has 1 aliphatic carbocycles. The maximum absolute atomic E-state index is 12.8. The van der Waals surface area contributed by atoms with Crippen LogP contribution in [0.25, 0.3) is 0 Å². The van der Waals surface area contributed by atoms with Crippen molar-refractivity contribution in [1.29, 1.82) is 0 Å². The number of unbranched alkanes of at least 4 members (excludes halogenated alkanes) is 1. The molecule has 0 aromatic rings. The molecule has 2 atom stereocenters. The van der Waals surface area contributed by atoms with Crippen LogP contribution in [0.1, 0.15) is 80.6 Å². The second-order valence-electron chi connectivity index (χ2n) is 8.93. The number of carbonyl (C=O) groups excluding carboxylic acids is 1. The van der Waals surface area contributed by atoms with Crippen LogP contribution in [0.5, 0.6) is 0 Å². The Morgan fingerprint density at radius 1 is 1.08 bits per heavy atom. The Bertz CT molecular complexity index is 395. The van der Waals surface area contributed by atoms with E-state index >= 15 is 0 Å². The van der Waals surface area contributed by atoms with Crippen molar-refractivity contribution in [3.63, 3.8) is 0 Å². The van der Waals surface area contributed by atoms with Crippen LogP contribution in [0, 0.1) is 16.2 Å². The van der Waals surface area contributed by atoms with Gasteiger partial charge in [-0.15, -0.1) is 0 Å². The molecule has 0 spiro atoms. The minimum Gasteiger partial charge on any atom is -0.463 e. The fraction of sp³-hybridized carbons (Fsp3) is 0.950. The van der Waals surface area contributed by atoms with Crippen molar-refractivity contribution < 1.29 is 19.0 Å². The molecule has 1 saturated carbocycles. The highest BCUT2D eigenvalue weighted by Gasteiger charge is 2.58. The van der Waals surface area contributed by atoms with Crippen molar-refractivity contribution >= 4 is 5.97 Å². The molecule has 0 amide bonds. The second kappa shape index (κ2) is 8.66. The topological polar surface area (TPSA) is 44.8 Å². The van der Waals surface area contributed by atoms with Gasteiger partial charge in [0.15, 0.2) is 6.29 Å². The summed E-state index contributed by atoms with van der Waals surface area (Å²) in [5.74, 6) is -0.0828. The molecule has 2 unspecified atom stereocenters. The molecular formula is C20H38O4. The van der Waals surface area contributed by atoms with Gasteiger partial charge in [0.2, 0.25) is 0 Å². The third-order valence-corrected chi connectivity index (χ3v) is 5.19. The zero-order chi connectivity index (χ0) is 18.4. The fourth-order valence-electron chi connectivity index (χ4n) is 3.28. The van der Waals surface area contributed by atoms with Crippen molar-refractivity contribution in [3.05, 3.63) is 0 Å². The predicted molar refractivity (Wildman–Crippen MR) is 96.8 cm³/mol. The maximum Gasteiger partial charge on any atom is 0.312 e. The van der Waals surface area contributed by atoms with E-state index in [4.69, 9.17) is 14.2 Å². The van der Waals surface area contributed by atoms with Gasteiger partial charge < -0.3 is 14.2 Å². The molecule has 1 rings (SSSR count). The molecule has 4 heteroatoms. The van der Waals surface area contributed by atoms with E-state index in [1.165, 1.54) is 0 Å². The molecule has 0 aromatic carbocycles. The molecule has 0 bridgehead atoms. The first-order valence-corrected chi connectivity index (χ1v) is 9.44. The molecule has 4 nitrogen and oxygen atoms in total. The summed E-state index contributed by atoms with van der Waals surface area (Å²) in [7, 11) is 0. The smallest absolute Gasteiger partial charge is 0.312 e. The van der Waals surface area contributed by atoms with Gasteiger partial charge in [0.25, 0.3) is 0 Å². The van der Waals surface area contributed by atoms with Gasteiger partial charge in [0, 0.05) is 6.61 Å². The van der Waals surface area contributed by atoms with Gasteiger partial charge in [-0.3, -0.25) is 4.79 Å². The van der Waals surface area contributed by atoms with Crippen LogP contribution in [0.3, 0.4) is 0 Å². The van der Waals surface area contributed by atoms with Gasteiger partial charge >= 0.3 is 5.97 Å². The van der Waals surface area contributed by atoms with Crippen LogP contribution < -0.4 is 0 Å². The lowest BCUT2D eigenvalue weighted by molar-refractivity contribution is -0.170. The zero-order valence-corrected chi connectivity index (χ0v) is 16.9. The number of ether oxygens (including phenoxy) is 3. The van der Waals surface area contributed by atoms with Crippen LogP contribution in [-0.2, 0) is 19.0 Å². The normalized spacial score (nSPS) is 20.3. The summed E-state index contributed by atoms with van der Waals surface area (Å²) < 4.78 is 16.7. The molecular weight excluding hydrogens is 304 g/mol. The quantitative estimate of drug-likeness (QED) is 0.303. The lowest BCUT2D eigenvalue weighted by atomic mass is 9.66. The Balaban J connectivity index is 2.41. The maximum atomic E-state index is 12.8. The summed E-state index contributed by atoms with van der Waals surface area (Å²) >= 11 is 0. The highest BCUT2D eigenvalue weighted by Crippen LogP contribution is 2.62. The molecule has 142 valence electrons. The highest BCUT2D eigenvalue weighted by molar-refractivity contribution is 5.78. The Morgan fingerprint density at radius 3 is 2.17 bits per heavy atom. The summed E-state index contributed by atoms with van der Waals surface area (Å²) in [6, 6.07) is 0. The van der Waals surface area contributed by atoms with Crippen LogP contribution >= 0.6 is 0 Å². The van der Waals surface area contributed by atoms with Crippen LogP contribution in [0.4, 0.5) is 0 Å². The Morgan fingerprint density at radius 2 is 1.67 bits per heavy atom. The molecule has 1 aliphatic rings. The van der Waals surface area contributed by atoms with Crippen LogP contribution in [0.15, 0.2) is 0 Å². The molecule has 0 radical (unpaired) electrons. The molecule has 0 aromatic heterocycles. The van der Waals surface area contributed by atoms with Gasteiger partial charge in [-0.1, -0.05) is 41.0 Å². The first-order valence-electron chi connectivity index (χ1n) is 9.44. The van der Waals surface area contributed by atoms with Crippen LogP contribution in [-0.4, -0.2) is 32.1 Å². The summed E-state index contributed by atoms with van der Waals surface area (Å²) in [5, 5.41) is 0. The van der Waals surface area contributed by atoms with Gasteiger partial charge in [0.05, 0.1) is 12.0 Å².